The standard InChI is InChI=1S/C68H120O6/c1-4-7-10-13-16-19-21-23-25-27-29-30-31-32-33-34-35-36-37-38-40-41-43-45-47-49-52-55-58-61-67(70)73-64-65(63-72-66(69)60-57-54-51-18-15-12-9-6-3)74-68(71)62-59-56-53-50-48-46-44-42-39-28-26-24-22-20-17-14-11-8-5-2/h7,10,16,19,23,25,29-30,32-33,35-36,65H,4-6,8-9,11-15,17-18,20-22,24,26-28,31,34,37-64H2,1-3H3/b10-7-,19-16-,25-23-,30-29-,33-32-,36-35-. The maximum Gasteiger partial charge on any atom is 0.306 e. The van der Waals surface area contributed by atoms with E-state index in [9.17, 15) is 14.4 Å². The lowest BCUT2D eigenvalue weighted by atomic mass is 10.0. The third-order valence-electron chi connectivity index (χ3n) is 14.0. The second-order valence-corrected chi connectivity index (χ2v) is 21.3. The van der Waals surface area contributed by atoms with Crippen LogP contribution < -0.4 is 0 Å². The van der Waals surface area contributed by atoms with E-state index in [1.807, 2.05) is 0 Å². The highest BCUT2D eigenvalue weighted by Crippen LogP contribution is 2.17. The first-order valence-corrected chi connectivity index (χ1v) is 31.9. The van der Waals surface area contributed by atoms with E-state index in [2.05, 4.69) is 93.7 Å². The fourth-order valence-electron chi connectivity index (χ4n) is 9.21. The van der Waals surface area contributed by atoms with Crippen LogP contribution in [0.1, 0.15) is 323 Å². The van der Waals surface area contributed by atoms with Gasteiger partial charge in [0.25, 0.3) is 0 Å². The lowest BCUT2D eigenvalue weighted by Gasteiger charge is -2.18. The Morgan fingerprint density at radius 1 is 0.284 bits per heavy atom. The molecule has 6 nitrogen and oxygen atoms in total. The average molecular weight is 1030 g/mol. The van der Waals surface area contributed by atoms with Crippen LogP contribution in [0, 0.1) is 0 Å². The van der Waals surface area contributed by atoms with Crippen molar-refractivity contribution in [2.45, 2.75) is 329 Å². The van der Waals surface area contributed by atoms with Gasteiger partial charge in [0.1, 0.15) is 13.2 Å². The summed E-state index contributed by atoms with van der Waals surface area (Å²) in [6.45, 7) is 6.53. The fraction of sp³-hybridized carbons (Fsp3) is 0.779. The van der Waals surface area contributed by atoms with Crippen LogP contribution in [0.4, 0.5) is 0 Å². The van der Waals surface area contributed by atoms with Gasteiger partial charge in [0.15, 0.2) is 6.10 Å². The predicted octanol–water partition coefficient (Wildman–Crippen LogP) is 21.7. The molecule has 0 aromatic heterocycles. The molecular formula is C68H120O6. The lowest BCUT2D eigenvalue weighted by molar-refractivity contribution is -0.167. The number of hydrogen-bond donors (Lipinski definition) is 0. The monoisotopic (exact) mass is 1030 g/mol. The van der Waals surface area contributed by atoms with Crippen LogP contribution in [0.2, 0.25) is 0 Å². The molecule has 428 valence electrons. The molecule has 0 saturated heterocycles. The summed E-state index contributed by atoms with van der Waals surface area (Å²) in [5, 5.41) is 0. The molecule has 0 rings (SSSR count). The molecule has 6 heteroatoms. The van der Waals surface area contributed by atoms with Gasteiger partial charge in [0.2, 0.25) is 0 Å². The Kier molecular flexibility index (Phi) is 59.7. The summed E-state index contributed by atoms with van der Waals surface area (Å²) in [4.78, 5) is 38.1. The number of allylic oxidation sites excluding steroid dienone is 12. The SMILES string of the molecule is CC/C=C\C/C=C\C/C=C\C/C=C\C/C=C\C/C=C\CCCCCCCCCCCCC(=O)OCC(COC(=O)CCCCCCCCCC)OC(=O)CCCCCCCCCCCCCCCCCCCCC. The summed E-state index contributed by atoms with van der Waals surface area (Å²) in [7, 11) is 0. The zero-order chi connectivity index (χ0) is 53.6. The van der Waals surface area contributed by atoms with Crippen molar-refractivity contribution in [2.75, 3.05) is 13.2 Å². The largest absolute Gasteiger partial charge is 0.462 e. The lowest BCUT2D eigenvalue weighted by Crippen LogP contribution is -2.30. The summed E-state index contributed by atoms with van der Waals surface area (Å²) in [6, 6.07) is 0. The second-order valence-electron chi connectivity index (χ2n) is 21.3. The van der Waals surface area contributed by atoms with Gasteiger partial charge in [0.05, 0.1) is 0 Å². The molecule has 0 aliphatic heterocycles. The summed E-state index contributed by atoms with van der Waals surface area (Å²) in [6.07, 6.45) is 80.7. The second kappa shape index (κ2) is 62.4. The van der Waals surface area contributed by atoms with Crippen molar-refractivity contribution in [3.8, 4) is 0 Å². The van der Waals surface area contributed by atoms with E-state index in [-0.39, 0.29) is 31.1 Å². The number of rotatable bonds is 58. The molecule has 74 heavy (non-hydrogen) atoms. The van der Waals surface area contributed by atoms with Gasteiger partial charge in [0, 0.05) is 19.3 Å². The number of carbonyl (C=O) groups is 3. The number of carbonyl (C=O) groups excluding carboxylic acids is 3. The van der Waals surface area contributed by atoms with Crippen LogP contribution >= 0.6 is 0 Å². The van der Waals surface area contributed by atoms with Crippen molar-refractivity contribution < 1.29 is 28.6 Å². The maximum atomic E-state index is 12.9. The molecule has 0 fully saturated rings. The number of ether oxygens (including phenoxy) is 3. The maximum absolute atomic E-state index is 12.9. The van der Waals surface area contributed by atoms with Crippen molar-refractivity contribution in [1.82, 2.24) is 0 Å². The van der Waals surface area contributed by atoms with Crippen LogP contribution in [0.15, 0.2) is 72.9 Å². The van der Waals surface area contributed by atoms with Gasteiger partial charge in [-0.2, -0.15) is 0 Å². The first kappa shape index (κ1) is 70.8. The number of unbranched alkanes of at least 4 members (excludes halogenated alkanes) is 35. The smallest absolute Gasteiger partial charge is 0.306 e. The van der Waals surface area contributed by atoms with E-state index in [0.29, 0.717) is 19.3 Å². The highest BCUT2D eigenvalue weighted by atomic mass is 16.6. The van der Waals surface area contributed by atoms with Crippen molar-refractivity contribution in [1.29, 1.82) is 0 Å². The van der Waals surface area contributed by atoms with Gasteiger partial charge in [-0.25, -0.2) is 0 Å². The minimum absolute atomic E-state index is 0.0719. The predicted molar refractivity (Wildman–Crippen MR) is 321 cm³/mol. The van der Waals surface area contributed by atoms with Gasteiger partial charge in [-0.15, -0.1) is 0 Å². The summed E-state index contributed by atoms with van der Waals surface area (Å²) in [5.41, 5.74) is 0. The first-order chi connectivity index (χ1) is 36.5. The molecule has 0 aromatic rings. The molecule has 0 aromatic carbocycles. The zero-order valence-corrected chi connectivity index (χ0v) is 49.1. The third-order valence-corrected chi connectivity index (χ3v) is 14.0. The van der Waals surface area contributed by atoms with Gasteiger partial charge in [-0.1, -0.05) is 306 Å². The Labute approximate surface area is 459 Å². The van der Waals surface area contributed by atoms with Crippen molar-refractivity contribution >= 4 is 17.9 Å². The molecule has 0 heterocycles. The molecule has 0 amide bonds. The highest BCUT2D eigenvalue weighted by molar-refractivity contribution is 5.71. The van der Waals surface area contributed by atoms with Crippen molar-refractivity contribution in [3.05, 3.63) is 72.9 Å². The molecule has 0 radical (unpaired) electrons. The molecule has 0 saturated carbocycles. The van der Waals surface area contributed by atoms with Gasteiger partial charge < -0.3 is 14.2 Å². The normalized spacial score (nSPS) is 12.5. The van der Waals surface area contributed by atoms with E-state index in [4.69, 9.17) is 14.2 Å². The topological polar surface area (TPSA) is 78.9 Å². The summed E-state index contributed by atoms with van der Waals surface area (Å²) >= 11 is 0. The molecule has 0 aliphatic carbocycles. The van der Waals surface area contributed by atoms with Gasteiger partial charge in [-0.05, 0) is 70.6 Å². The van der Waals surface area contributed by atoms with Crippen LogP contribution in [0.25, 0.3) is 0 Å². The van der Waals surface area contributed by atoms with Crippen LogP contribution in [-0.2, 0) is 28.6 Å². The Hall–Kier alpha value is -3.15. The summed E-state index contributed by atoms with van der Waals surface area (Å²) in [5.74, 6) is -0.865. The van der Waals surface area contributed by atoms with Crippen LogP contribution in [-0.4, -0.2) is 37.2 Å². The average Bonchev–Trinajstić information content (AvgIpc) is 3.40. The Balaban J connectivity index is 4.15. The third kappa shape index (κ3) is 59.7. The molecule has 1 atom stereocenters. The Bertz CT molecular complexity index is 1370. The van der Waals surface area contributed by atoms with E-state index < -0.39 is 6.10 Å². The highest BCUT2D eigenvalue weighted by Gasteiger charge is 2.19. The molecule has 0 bridgehead atoms. The fourth-order valence-corrected chi connectivity index (χ4v) is 9.21. The van der Waals surface area contributed by atoms with Crippen LogP contribution in [0.5, 0.6) is 0 Å². The van der Waals surface area contributed by atoms with Crippen molar-refractivity contribution in [2.24, 2.45) is 0 Å². The molecule has 0 N–H and O–H groups in total. The van der Waals surface area contributed by atoms with Gasteiger partial charge >= 0.3 is 17.9 Å². The molecule has 1 unspecified atom stereocenters. The molecule has 0 aliphatic rings. The van der Waals surface area contributed by atoms with E-state index >= 15 is 0 Å². The number of esters is 3. The quantitative estimate of drug-likeness (QED) is 0.0261. The van der Waals surface area contributed by atoms with E-state index in [1.165, 1.54) is 186 Å². The van der Waals surface area contributed by atoms with Crippen LogP contribution in [0.3, 0.4) is 0 Å². The minimum atomic E-state index is -0.772. The molecular weight excluding hydrogens is 913 g/mol. The van der Waals surface area contributed by atoms with Gasteiger partial charge in [-0.3, -0.25) is 14.4 Å². The summed E-state index contributed by atoms with van der Waals surface area (Å²) < 4.78 is 16.9. The minimum Gasteiger partial charge on any atom is -0.462 e. The van der Waals surface area contributed by atoms with E-state index in [1.54, 1.807) is 0 Å². The zero-order valence-electron chi connectivity index (χ0n) is 49.1. The van der Waals surface area contributed by atoms with E-state index in [0.717, 1.165) is 96.3 Å². The Morgan fingerprint density at radius 3 is 0.824 bits per heavy atom. The number of hydrogen-bond acceptors (Lipinski definition) is 6. The first-order valence-electron chi connectivity index (χ1n) is 31.9. The Morgan fingerprint density at radius 2 is 0.527 bits per heavy atom. The molecule has 0 spiro atoms. The van der Waals surface area contributed by atoms with Crippen molar-refractivity contribution in [3.63, 3.8) is 0 Å².